The third-order valence-corrected chi connectivity index (χ3v) is 3.67. The van der Waals surface area contributed by atoms with Gasteiger partial charge in [-0.25, -0.2) is 0 Å². The van der Waals surface area contributed by atoms with E-state index in [1.54, 1.807) is 11.8 Å². The summed E-state index contributed by atoms with van der Waals surface area (Å²) in [6.07, 6.45) is 0.509. The second-order valence-electron chi connectivity index (χ2n) is 3.69. The van der Waals surface area contributed by atoms with Gasteiger partial charge in [0.25, 0.3) is 0 Å². The molecule has 0 aromatic heterocycles. The van der Waals surface area contributed by atoms with Crippen LogP contribution in [0.25, 0.3) is 0 Å². The maximum absolute atomic E-state index is 11.2. The molecule has 2 aromatic rings. The van der Waals surface area contributed by atoms with Crippen molar-refractivity contribution in [3.05, 3.63) is 50.3 Å². The Labute approximate surface area is 102 Å². The Morgan fingerprint density at radius 1 is 1.06 bits per heavy atom. The van der Waals surface area contributed by atoms with Gasteiger partial charge in [0, 0.05) is 21.9 Å². The van der Waals surface area contributed by atoms with E-state index in [1.165, 1.54) is 0 Å². The smallest absolute Gasteiger partial charge is 0.249 e. The van der Waals surface area contributed by atoms with Crippen LogP contribution >= 0.6 is 11.8 Å². The summed E-state index contributed by atoms with van der Waals surface area (Å²) in [4.78, 5) is 23.0. The summed E-state index contributed by atoms with van der Waals surface area (Å²) in [6, 6.07) is 7.53. The van der Waals surface area contributed by atoms with Crippen LogP contribution in [0.1, 0.15) is 5.56 Å². The first-order valence-electron chi connectivity index (χ1n) is 5.16. The molecule has 0 aliphatic rings. The highest BCUT2D eigenvalue weighted by molar-refractivity contribution is 7.99. The number of para-hydroxylation sites is 1. The highest BCUT2D eigenvalue weighted by atomic mass is 32.2. The monoisotopic (exact) mass is 248 g/mol. The van der Waals surface area contributed by atoms with Gasteiger partial charge in [0.1, 0.15) is 0 Å². The molecule has 4 N–H and O–H groups in total. The van der Waals surface area contributed by atoms with Gasteiger partial charge in [0.05, 0.1) is 5.69 Å². The first-order chi connectivity index (χ1) is 8.11. The summed E-state index contributed by atoms with van der Waals surface area (Å²) in [5, 5.41) is 0. The molecule has 2 aromatic carbocycles. The molecular weight excluding hydrogens is 236 g/mol. The van der Waals surface area contributed by atoms with Crippen LogP contribution in [0.4, 0.5) is 11.4 Å². The number of nitrogens with two attached hydrogens (primary N) is 2. The molecule has 0 spiro atoms. The Balaban J connectivity index is 1.96. The molecule has 4 nitrogen and oxygen atoms in total. The van der Waals surface area contributed by atoms with Crippen LogP contribution in [0.2, 0.25) is 0 Å². The van der Waals surface area contributed by atoms with Crippen molar-refractivity contribution in [2.75, 3.05) is 17.2 Å². The number of thioether (sulfide) groups is 1. The first kappa shape index (κ1) is 11.7. The maximum Gasteiger partial charge on any atom is 0.249 e. The number of anilines is 2. The van der Waals surface area contributed by atoms with Gasteiger partial charge < -0.3 is 11.5 Å². The normalized spacial score (nSPS) is 10.8. The van der Waals surface area contributed by atoms with Gasteiger partial charge in [-0.05, 0) is 18.6 Å². The molecule has 0 saturated heterocycles. The SMILES string of the molecule is Nc1ccccc1SCCc1c(N)c(=O)c1=O. The maximum atomic E-state index is 11.2. The fourth-order valence-electron chi connectivity index (χ4n) is 1.58. The van der Waals surface area contributed by atoms with E-state index in [2.05, 4.69) is 0 Å². The molecular formula is C12H12N2O2S. The third-order valence-electron chi connectivity index (χ3n) is 2.58. The van der Waals surface area contributed by atoms with E-state index in [1.807, 2.05) is 24.3 Å². The number of benzene rings is 1. The lowest BCUT2D eigenvalue weighted by Crippen LogP contribution is -2.38. The van der Waals surface area contributed by atoms with Gasteiger partial charge in [-0.1, -0.05) is 12.1 Å². The lowest BCUT2D eigenvalue weighted by atomic mass is 10.1. The molecule has 0 radical (unpaired) electrons. The molecule has 0 amide bonds. The summed E-state index contributed by atoms with van der Waals surface area (Å²) in [5.41, 5.74) is 11.5. The molecule has 0 aliphatic carbocycles. The van der Waals surface area contributed by atoms with E-state index in [9.17, 15) is 9.59 Å². The Bertz CT molecular complexity index is 615. The minimum atomic E-state index is -0.552. The Hall–Kier alpha value is -1.75. The zero-order valence-corrected chi connectivity index (χ0v) is 9.92. The van der Waals surface area contributed by atoms with Crippen LogP contribution in [-0.4, -0.2) is 5.75 Å². The van der Waals surface area contributed by atoms with Crippen LogP contribution in [-0.2, 0) is 6.42 Å². The average Bonchev–Trinajstić information content (AvgIpc) is 2.35. The van der Waals surface area contributed by atoms with Gasteiger partial charge >= 0.3 is 0 Å². The molecule has 5 heteroatoms. The van der Waals surface area contributed by atoms with Gasteiger partial charge in [-0.2, -0.15) is 0 Å². The number of nitrogen functional groups attached to an aromatic ring is 2. The van der Waals surface area contributed by atoms with Gasteiger partial charge in [0.15, 0.2) is 0 Å². The fraction of sp³-hybridized carbons (Fsp3) is 0.167. The van der Waals surface area contributed by atoms with Crippen LogP contribution in [0.3, 0.4) is 0 Å². The van der Waals surface area contributed by atoms with Gasteiger partial charge in [-0.3, -0.25) is 9.59 Å². The predicted octanol–water partition coefficient (Wildman–Crippen LogP) is 0.782. The van der Waals surface area contributed by atoms with Crippen molar-refractivity contribution in [1.29, 1.82) is 0 Å². The third kappa shape index (κ3) is 2.19. The van der Waals surface area contributed by atoms with Crippen molar-refractivity contribution in [2.45, 2.75) is 11.3 Å². The standard InChI is InChI=1S/C12H12N2O2S/c13-8-3-1-2-4-9(8)17-6-5-7-10(14)12(16)11(7)15/h1-4H,5-6,13-14H2. The van der Waals surface area contributed by atoms with Crippen LogP contribution in [0.5, 0.6) is 0 Å². The molecule has 88 valence electrons. The van der Waals surface area contributed by atoms with E-state index in [4.69, 9.17) is 11.5 Å². The summed E-state index contributed by atoms with van der Waals surface area (Å²) < 4.78 is 0. The number of hydrogen-bond donors (Lipinski definition) is 2. The first-order valence-corrected chi connectivity index (χ1v) is 6.14. The van der Waals surface area contributed by atoms with Crippen molar-refractivity contribution >= 4 is 23.1 Å². The molecule has 0 unspecified atom stereocenters. The Morgan fingerprint density at radius 3 is 2.41 bits per heavy atom. The van der Waals surface area contributed by atoms with Crippen molar-refractivity contribution in [3.8, 4) is 0 Å². The predicted molar refractivity (Wildman–Crippen MR) is 71.0 cm³/mol. The van der Waals surface area contributed by atoms with Crippen molar-refractivity contribution in [2.24, 2.45) is 0 Å². The molecule has 0 atom stereocenters. The van der Waals surface area contributed by atoms with E-state index in [0.717, 1.165) is 10.6 Å². The summed E-state index contributed by atoms with van der Waals surface area (Å²) in [7, 11) is 0. The molecule has 0 bridgehead atoms. The molecule has 0 heterocycles. The second kappa shape index (κ2) is 4.63. The van der Waals surface area contributed by atoms with E-state index >= 15 is 0 Å². The summed E-state index contributed by atoms with van der Waals surface area (Å²) in [5.74, 6) is 0.684. The summed E-state index contributed by atoms with van der Waals surface area (Å²) in [6.45, 7) is 0. The van der Waals surface area contributed by atoms with Crippen LogP contribution in [0, 0.1) is 0 Å². The molecule has 0 aliphatic heterocycles. The van der Waals surface area contributed by atoms with Gasteiger partial charge in [-0.15, -0.1) is 11.8 Å². The van der Waals surface area contributed by atoms with E-state index in [0.29, 0.717) is 17.7 Å². The fourth-order valence-corrected chi connectivity index (χ4v) is 2.52. The molecule has 0 fully saturated rings. The zero-order chi connectivity index (χ0) is 12.4. The second-order valence-corrected chi connectivity index (χ2v) is 4.82. The number of hydrogen-bond acceptors (Lipinski definition) is 5. The van der Waals surface area contributed by atoms with Crippen molar-refractivity contribution in [3.63, 3.8) is 0 Å². The molecule has 17 heavy (non-hydrogen) atoms. The number of rotatable bonds is 4. The summed E-state index contributed by atoms with van der Waals surface area (Å²) >= 11 is 1.55. The topological polar surface area (TPSA) is 86.2 Å². The lowest BCUT2D eigenvalue weighted by Gasteiger charge is -2.07. The molecule has 2 rings (SSSR count). The zero-order valence-electron chi connectivity index (χ0n) is 9.10. The highest BCUT2D eigenvalue weighted by Gasteiger charge is 2.16. The van der Waals surface area contributed by atoms with E-state index in [-0.39, 0.29) is 5.69 Å². The largest absolute Gasteiger partial charge is 0.398 e. The Morgan fingerprint density at radius 2 is 1.76 bits per heavy atom. The Kier molecular flexibility index (Phi) is 3.19. The van der Waals surface area contributed by atoms with Crippen LogP contribution in [0.15, 0.2) is 38.8 Å². The quantitative estimate of drug-likeness (QED) is 0.474. The van der Waals surface area contributed by atoms with Gasteiger partial charge in [0.2, 0.25) is 10.9 Å². The minimum Gasteiger partial charge on any atom is -0.398 e. The van der Waals surface area contributed by atoms with E-state index < -0.39 is 10.9 Å². The van der Waals surface area contributed by atoms with Crippen molar-refractivity contribution < 1.29 is 0 Å². The molecule has 0 saturated carbocycles. The van der Waals surface area contributed by atoms with Crippen LogP contribution < -0.4 is 22.3 Å². The van der Waals surface area contributed by atoms with Crippen molar-refractivity contribution in [1.82, 2.24) is 0 Å². The highest BCUT2D eigenvalue weighted by Crippen LogP contribution is 2.25. The average molecular weight is 248 g/mol. The lowest BCUT2D eigenvalue weighted by molar-refractivity contribution is 1.09. The minimum absolute atomic E-state index is 0.122.